The number of nitrogens with one attached hydrogen (secondary N) is 1. The van der Waals surface area contributed by atoms with E-state index in [-0.39, 0.29) is 12.3 Å². The summed E-state index contributed by atoms with van der Waals surface area (Å²) in [6, 6.07) is 10.5. The molecule has 1 aromatic rings. The van der Waals surface area contributed by atoms with Crippen LogP contribution < -0.4 is 9.78 Å². The molecule has 1 aliphatic rings. The van der Waals surface area contributed by atoms with Crippen LogP contribution >= 0.6 is 0 Å². The standard InChI is InChI=1S/C17H25NO3Se/c1-2-10-18-15(13-22-14-6-4-3-5-7-14)16(19)8-9-17-20-11-12-21-17/h2-7,15-19H,1,8-13H2. The first kappa shape index (κ1) is 17.7. The van der Waals surface area contributed by atoms with Crippen LogP contribution in [-0.4, -0.2) is 58.3 Å². The third-order valence-electron chi connectivity index (χ3n) is 3.55. The van der Waals surface area contributed by atoms with Crippen molar-refractivity contribution in [2.75, 3.05) is 19.8 Å². The molecule has 2 unspecified atom stereocenters. The van der Waals surface area contributed by atoms with Gasteiger partial charge in [-0.1, -0.05) is 0 Å². The molecule has 4 nitrogen and oxygen atoms in total. The SMILES string of the molecule is C=CCNC(C[Se]c1ccccc1)C(O)CCC1OCCO1. The number of hydrogen-bond donors (Lipinski definition) is 2. The summed E-state index contributed by atoms with van der Waals surface area (Å²) >= 11 is 0.349. The quantitative estimate of drug-likeness (QED) is 0.478. The van der Waals surface area contributed by atoms with Crippen molar-refractivity contribution in [2.24, 2.45) is 0 Å². The number of aliphatic hydroxyl groups is 1. The van der Waals surface area contributed by atoms with Crippen molar-refractivity contribution in [2.45, 2.75) is 36.6 Å². The first-order valence-electron chi connectivity index (χ1n) is 7.73. The van der Waals surface area contributed by atoms with Crippen LogP contribution in [0.3, 0.4) is 0 Å². The van der Waals surface area contributed by atoms with E-state index in [1.54, 1.807) is 0 Å². The van der Waals surface area contributed by atoms with E-state index in [9.17, 15) is 5.11 Å². The predicted octanol–water partition coefficient (Wildman–Crippen LogP) is 1.09. The summed E-state index contributed by atoms with van der Waals surface area (Å²) in [4.78, 5) is 0. The summed E-state index contributed by atoms with van der Waals surface area (Å²) in [5.74, 6) is 0. The number of aliphatic hydroxyl groups excluding tert-OH is 1. The number of ether oxygens (including phenoxy) is 2. The van der Waals surface area contributed by atoms with E-state index < -0.39 is 6.10 Å². The van der Waals surface area contributed by atoms with Crippen LogP contribution in [0.2, 0.25) is 5.32 Å². The predicted molar refractivity (Wildman–Crippen MR) is 89.6 cm³/mol. The Kier molecular flexibility index (Phi) is 8.16. The topological polar surface area (TPSA) is 50.7 Å². The van der Waals surface area contributed by atoms with E-state index in [1.165, 1.54) is 4.46 Å². The van der Waals surface area contributed by atoms with Crippen molar-refractivity contribution in [1.82, 2.24) is 5.32 Å². The van der Waals surface area contributed by atoms with Crippen LogP contribution in [0, 0.1) is 0 Å². The molecule has 0 spiro atoms. The van der Waals surface area contributed by atoms with Gasteiger partial charge >= 0.3 is 139 Å². The van der Waals surface area contributed by atoms with E-state index in [2.05, 4.69) is 36.2 Å². The molecule has 1 aliphatic heterocycles. The summed E-state index contributed by atoms with van der Waals surface area (Å²) in [6.07, 6.45) is 2.72. The average molecular weight is 370 g/mol. The van der Waals surface area contributed by atoms with E-state index in [0.29, 0.717) is 41.1 Å². The first-order chi connectivity index (χ1) is 10.8. The summed E-state index contributed by atoms with van der Waals surface area (Å²) in [7, 11) is 0. The van der Waals surface area contributed by atoms with Crippen molar-refractivity contribution in [3.05, 3.63) is 43.0 Å². The zero-order chi connectivity index (χ0) is 15.6. The van der Waals surface area contributed by atoms with Gasteiger partial charge in [0, 0.05) is 0 Å². The van der Waals surface area contributed by atoms with Gasteiger partial charge in [0.25, 0.3) is 0 Å². The van der Waals surface area contributed by atoms with Gasteiger partial charge in [-0.15, -0.1) is 0 Å². The van der Waals surface area contributed by atoms with Crippen molar-refractivity contribution < 1.29 is 14.6 Å². The second-order valence-corrected chi connectivity index (χ2v) is 7.54. The number of rotatable bonds is 10. The second kappa shape index (κ2) is 10.2. The molecule has 0 bridgehead atoms. The molecule has 22 heavy (non-hydrogen) atoms. The van der Waals surface area contributed by atoms with Gasteiger partial charge in [-0.3, -0.25) is 0 Å². The van der Waals surface area contributed by atoms with Gasteiger partial charge in [0.1, 0.15) is 0 Å². The molecule has 0 amide bonds. The van der Waals surface area contributed by atoms with Crippen molar-refractivity contribution in [3.8, 4) is 0 Å². The minimum atomic E-state index is -0.390. The zero-order valence-corrected chi connectivity index (χ0v) is 14.5. The number of hydrogen-bond acceptors (Lipinski definition) is 4. The Morgan fingerprint density at radius 2 is 2.05 bits per heavy atom. The molecule has 1 saturated heterocycles. The molecule has 1 aromatic carbocycles. The Hall–Kier alpha value is -0.681. The molecule has 5 heteroatoms. The molecule has 2 rings (SSSR count). The van der Waals surface area contributed by atoms with E-state index in [1.807, 2.05) is 12.1 Å². The van der Waals surface area contributed by atoms with Gasteiger partial charge in [-0.05, 0) is 0 Å². The summed E-state index contributed by atoms with van der Waals surface area (Å²) in [5, 5.41) is 14.8. The Balaban J connectivity index is 1.79. The summed E-state index contributed by atoms with van der Waals surface area (Å²) in [6.45, 7) is 5.78. The van der Waals surface area contributed by atoms with Gasteiger partial charge in [-0.2, -0.15) is 0 Å². The van der Waals surface area contributed by atoms with Crippen LogP contribution in [0.1, 0.15) is 12.8 Å². The van der Waals surface area contributed by atoms with Gasteiger partial charge in [-0.25, -0.2) is 0 Å². The third-order valence-corrected chi connectivity index (χ3v) is 5.92. The van der Waals surface area contributed by atoms with E-state index >= 15 is 0 Å². The van der Waals surface area contributed by atoms with E-state index in [0.717, 1.165) is 11.7 Å². The first-order valence-corrected chi connectivity index (χ1v) is 9.80. The maximum atomic E-state index is 10.5. The van der Waals surface area contributed by atoms with Crippen molar-refractivity contribution >= 4 is 19.4 Å². The molecule has 2 N–H and O–H groups in total. The van der Waals surface area contributed by atoms with E-state index in [4.69, 9.17) is 9.47 Å². The molecule has 0 radical (unpaired) electrons. The zero-order valence-electron chi connectivity index (χ0n) is 12.8. The fourth-order valence-corrected chi connectivity index (χ4v) is 4.55. The van der Waals surface area contributed by atoms with Crippen LogP contribution in [0.4, 0.5) is 0 Å². The van der Waals surface area contributed by atoms with Crippen LogP contribution in [0.25, 0.3) is 0 Å². The molecular weight excluding hydrogens is 345 g/mol. The van der Waals surface area contributed by atoms with Gasteiger partial charge in [0.2, 0.25) is 0 Å². The second-order valence-electron chi connectivity index (χ2n) is 5.24. The van der Waals surface area contributed by atoms with Gasteiger partial charge in [0.05, 0.1) is 0 Å². The summed E-state index contributed by atoms with van der Waals surface area (Å²) < 4.78 is 12.2. The van der Waals surface area contributed by atoms with Gasteiger partial charge in [0.15, 0.2) is 0 Å². The normalized spacial score (nSPS) is 18.2. The molecule has 122 valence electrons. The van der Waals surface area contributed by atoms with Gasteiger partial charge < -0.3 is 0 Å². The summed E-state index contributed by atoms with van der Waals surface area (Å²) in [5.41, 5.74) is 0. The monoisotopic (exact) mass is 371 g/mol. The third kappa shape index (κ3) is 6.21. The van der Waals surface area contributed by atoms with Crippen molar-refractivity contribution in [1.29, 1.82) is 0 Å². The fourth-order valence-electron chi connectivity index (χ4n) is 2.33. The Bertz CT molecular complexity index is 423. The van der Waals surface area contributed by atoms with Crippen LogP contribution in [-0.2, 0) is 9.47 Å². The van der Waals surface area contributed by atoms with Crippen LogP contribution in [0.5, 0.6) is 0 Å². The Morgan fingerprint density at radius 1 is 1.32 bits per heavy atom. The van der Waals surface area contributed by atoms with Crippen molar-refractivity contribution in [3.63, 3.8) is 0 Å². The molecule has 1 heterocycles. The molecule has 0 aromatic heterocycles. The molecule has 0 saturated carbocycles. The number of benzene rings is 1. The fraction of sp³-hybridized carbons (Fsp3) is 0.529. The average Bonchev–Trinajstić information content (AvgIpc) is 3.07. The Labute approximate surface area is 139 Å². The Morgan fingerprint density at radius 3 is 2.73 bits per heavy atom. The van der Waals surface area contributed by atoms with Crippen LogP contribution in [0.15, 0.2) is 43.0 Å². The maximum absolute atomic E-state index is 10.5. The molecule has 2 atom stereocenters. The molecule has 1 fully saturated rings. The minimum absolute atomic E-state index is 0.0830. The molecular formula is C17H25NO3Se. The molecule has 0 aliphatic carbocycles.